The molecular weight excluding hydrogens is 430 g/mol. The molecule has 0 atom stereocenters. The van der Waals surface area contributed by atoms with E-state index in [1.807, 2.05) is 6.07 Å². The lowest BCUT2D eigenvalue weighted by Gasteiger charge is -2.15. The second-order valence-electron chi connectivity index (χ2n) is 6.81. The van der Waals surface area contributed by atoms with Crippen molar-refractivity contribution in [3.63, 3.8) is 0 Å². The molecule has 0 amide bonds. The fourth-order valence-corrected chi connectivity index (χ4v) is 4.26. The molecule has 0 unspecified atom stereocenters. The van der Waals surface area contributed by atoms with Crippen molar-refractivity contribution in [3.05, 3.63) is 92.8 Å². The maximum Gasteiger partial charge on any atom is 0.269 e. The molecule has 162 valence electrons. The van der Waals surface area contributed by atoms with Crippen molar-refractivity contribution in [1.29, 1.82) is 0 Å². The number of nitro groups is 1. The summed E-state index contributed by atoms with van der Waals surface area (Å²) < 4.78 is 12.2. The zero-order valence-electron chi connectivity index (χ0n) is 17.3. The number of benzene rings is 3. The Hall–Kier alpha value is -3.85. The molecule has 9 heteroatoms. The van der Waals surface area contributed by atoms with Gasteiger partial charge in [-0.25, -0.2) is 4.98 Å². The van der Waals surface area contributed by atoms with Crippen LogP contribution in [0, 0.1) is 10.1 Å². The van der Waals surface area contributed by atoms with Crippen molar-refractivity contribution in [2.75, 3.05) is 14.2 Å². The molecule has 0 bridgehead atoms. The minimum absolute atomic E-state index is 0.0202. The first-order valence-corrected chi connectivity index (χ1v) is 10.6. The molecular formula is C23H19N3O5S. The second kappa shape index (κ2) is 9.11. The predicted molar refractivity (Wildman–Crippen MR) is 123 cm³/mol. The van der Waals surface area contributed by atoms with E-state index in [1.54, 1.807) is 55.6 Å². The van der Waals surface area contributed by atoms with Gasteiger partial charge in [-0.15, -0.1) is 0 Å². The number of rotatable bonds is 7. The molecule has 4 rings (SSSR count). The van der Waals surface area contributed by atoms with Gasteiger partial charge in [0.1, 0.15) is 0 Å². The number of para-hydroxylation sites is 1. The van der Waals surface area contributed by atoms with E-state index in [2.05, 4.69) is 0 Å². The van der Waals surface area contributed by atoms with Crippen LogP contribution >= 0.6 is 11.8 Å². The molecule has 0 aliphatic carbocycles. The lowest BCUT2D eigenvalue weighted by atomic mass is 10.2. The first kappa shape index (κ1) is 21.4. The van der Waals surface area contributed by atoms with Gasteiger partial charge in [0.25, 0.3) is 11.2 Å². The highest BCUT2D eigenvalue weighted by atomic mass is 32.2. The highest BCUT2D eigenvalue weighted by Crippen LogP contribution is 2.31. The molecule has 0 saturated heterocycles. The number of thioether (sulfide) groups is 1. The molecule has 32 heavy (non-hydrogen) atoms. The van der Waals surface area contributed by atoms with E-state index in [4.69, 9.17) is 14.5 Å². The third kappa shape index (κ3) is 4.15. The molecule has 4 aromatic rings. The van der Waals surface area contributed by atoms with Gasteiger partial charge in [0, 0.05) is 24.0 Å². The Labute approximate surface area is 187 Å². The first-order chi connectivity index (χ1) is 15.5. The number of nitrogens with zero attached hydrogens (tertiary/aromatic N) is 3. The quantitative estimate of drug-likeness (QED) is 0.176. The molecule has 1 aromatic heterocycles. The molecule has 0 fully saturated rings. The van der Waals surface area contributed by atoms with E-state index >= 15 is 0 Å². The van der Waals surface area contributed by atoms with Crippen molar-refractivity contribution in [2.24, 2.45) is 0 Å². The highest BCUT2D eigenvalue weighted by Gasteiger charge is 2.16. The lowest BCUT2D eigenvalue weighted by Crippen LogP contribution is -2.21. The predicted octanol–water partition coefficient (Wildman–Crippen LogP) is 4.60. The molecule has 0 radical (unpaired) electrons. The average molecular weight is 449 g/mol. The van der Waals surface area contributed by atoms with Gasteiger partial charge in [-0.3, -0.25) is 19.5 Å². The van der Waals surface area contributed by atoms with Crippen LogP contribution in [0.2, 0.25) is 0 Å². The topological polar surface area (TPSA) is 96.5 Å². The van der Waals surface area contributed by atoms with Crippen LogP contribution in [0.15, 0.2) is 76.7 Å². The van der Waals surface area contributed by atoms with Gasteiger partial charge in [0.05, 0.1) is 35.7 Å². The summed E-state index contributed by atoms with van der Waals surface area (Å²) >= 11 is 1.33. The molecule has 0 aliphatic heterocycles. The van der Waals surface area contributed by atoms with E-state index in [1.165, 1.54) is 35.6 Å². The molecule has 1 heterocycles. The average Bonchev–Trinajstić information content (AvgIpc) is 2.82. The summed E-state index contributed by atoms with van der Waals surface area (Å²) in [5.74, 6) is 1.43. The van der Waals surface area contributed by atoms with Gasteiger partial charge in [0.15, 0.2) is 16.7 Å². The Morgan fingerprint density at radius 3 is 2.53 bits per heavy atom. The summed E-state index contributed by atoms with van der Waals surface area (Å²) in [5.41, 5.74) is 1.71. The normalized spacial score (nSPS) is 10.8. The van der Waals surface area contributed by atoms with Crippen LogP contribution in [0.3, 0.4) is 0 Å². The Kier molecular flexibility index (Phi) is 6.09. The van der Waals surface area contributed by atoms with Gasteiger partial charge in [-0.05, 0) is 29.8 Å². The van der Waals surface area contributed by atoms with Crippen LogP contribution in [-0.4, -0.2) is 28.7 Å². The van der Waals surface area contributed by atoms with E-state index in [9.17, 15) is 14.9 Å². The summed E-state index contributed by atoms with van der Waals surface area (Å²) in [4.78, 5) is 28.8. The number of fused-ring (bicyclic) bond motifs is 1. The van der Waals surface area contributed by atoms with Crippen molar-refractivity contribution in [2.45, 2.75) is 10.9 Å². The van der Waals surface area contributed by atoms with E-state index < -0.39 is 4.92 Å². The van der Waals surface area contributed by atoms with Crippen LogP contribution in [-0.2, 0) is 5.75 Å². The standard InChI is InChI=1S/C23H19N3O5S/c1-30-20-11-10-16(13-21(20)31-2)25-22(27)18-8-3-4-9-19(18)24-23(25)32-14-15-6-5-7-17(12-15)26(28)29/h3-13H,14H2,1-2H3. The van der Waals surface area contributed by atoms with E-state index in [-0.39, 0.29) is 11.2 Å². The van der Waals surface area contributed by atoms with Gasteiger partial charge in [0.2, 0.25) is 0 Å². The first-order valence-electron chi connectivity index (χ1n) is 9.62. The van der Waals surface area contributed by atoms with Gasteiger partial charge < -0.3 is 9.47 Å². The zero-order chi connectivity index (χ0) is 22.7. The number of methoxy groups -OCH3 is 2. The number of nitro benzene ring substituents is 1. The van der Waals surface area contributed by atoms with Crippen LogP contribution in [0.25, 0.3) is 16.6 Å². The Morgan fingerprint density at radius 1 is 1.00 bits per heavy atom. The third-order valence-corrected chi connectivity index (χ3v) is 5.87. The van der Waals surface area contributed by atoms with Crippen molar-refractivity contribution < 1.29 is 14.4 Å². The summed E-state index contributed by atoms with van der Waals surface area (Å²) in [5, 5.41) is 12.0. The number of non-ortho nitro benzene ring substituents is 1. The fourth-order valence-electron chi connectivity index (χ4n) is 3.31. The number of hydrogen-bond donors (Lipinski definition) is 0. The lowest BCUT2D eigenvalue weighted by molar-refractivity contribution is -0.384. The Morgan fingerprint density at radius 2 is 1.78 bits per heavy atom. The monoisotopic (exact) mass is 449 g/mol. The largest absolute Gasteiger partial charge is 0.493 e. The van der Waals surface area contributed by atoms with Crippen molar-refractivity contribution in [1.82, 2.24) is 9.55 Å². The smallest absolute Gasteiger partial charge is 0.269 e. The zero-order valence-corrected chi connectivity index (χ0v) is 18.2. The van der Waals surface area contributed by atoms with Gasteiger partial charge in [-0.1, -0.05) is 36.0 Å². The van der Waals surface area contributed by atoms with Gasteiger partial charge in [-0.2, -0.15) is 0 Å². The summed E-state index contributed by atoms with van der Waals surface area (Å²) in [6.07, 6.45) is 0. The maximum absolute atomic E-state index is 13.4. The summed E-state index contributed by atoms with van der Waals surface area (Å²) in [6.45, 7) is 0. The molecule has 0 saturated carbocycles. The summed E-state index contributed by atoms with van der Waals surface area (Å²) in [7, 11) is 3.07. The molecule has 0 N–H and O–H groups in total. The van der Waals surface area contributed by atoms with E-state index in [0.717, 1.165) is 5.56 Å². The molecule has 0 spiro atoms. The van der Waals surface area contributed by atoms with Gasteiger partial charge >= 0.3 is 0 Å². The van der Waals surface area contributed by atoms with Crippen molar-refractivity contribution >= 4 is 28.4 Å². The van der Waals surface area contributed by atoms with Crippen LogP contribution < -0.4 is 15.0 Å². The van der Waals surface area contributed by atoms with Crippen LogP contribution in [0.5, 0.6) is 11.5 Å². The molecule has 0 aliphatic rings. The Balaban J connectivity index is 1.82. The minimum Gasteiger partial charge on any atom is -0.493 e. The molecule has 3 aromatic carbocycles. The van der Waals surface area contributed by atoms with E-state index in [0.29, 0.717) is 39.0 Å². The molecule has 8 nitrogen and oxygen atoms in total. The third-order valence-electron chi connectivity index (χ3n) is 4.86. The van der Waals surface area contributed by atoms with Crippen LogP contribution in [0.4, 0.5) is 5.69 Å². The number of aromatic nitrogens is 2. The minimum atomic E-state index is -0.429. The Bertz CT molecular complexity index is 1370. The maximum atomic E-state index is 13.4. The number of ether oxygens (including phenoxy) is 2. The second-order valence-corrected chi connectivity index (χ2v) is 7.75. The highest BCUT2D eigenvalue weighted by molar-refractivity contribution is 7.98. The summed E-state index contributed by atoms with van der Waals surface area (Å²) in [6, 6.07) is 18.8. The van der Waals surface area contributed by atoms with Crippen LogP contribution in [0.1, 0.15) is 5.56 Å². The fraction of sp³-hybridized carbons (Fsp3) is 0.130. The van der Waals surface area contributed by atoms with Crippen molar-refractivity contribution in [3.8, 4) is 17.2 Å². The number of hydrogen-bond acceptors (Lipinski definition) is 7. The SMILES string of the molecule is COc1ccc(-n2c(SCc3cccc([N+](=O)[O-])c3)nc3ccccc3c2=O)cc1OC.